The van der Waals surface area contributed by atoms with Crippen molar-refractivity contribution in [3.05, 3.63) is 94.3 Å². The number of rotatable bonds is 5. The number of aliphatic hydroxyl groups is 1. The zero-order valence-corrected chi connectivity index (χ0v) is 19.2. The molecule has 168 valence electrons. The van der Waals surface area contributed by atoms with Crippen LogP contribution in [0.5, 0.6) is 5.75 Å². The van der Waals surface area contributed by atoms with Crippen molar-refractivity contribution >= 4 is 34.7 Å². The highest BCUT2D eigenvalue weighted by atomic mass is 35.5. The molecule has 2 heterocycles. The first-order chi connectivity index (χ1) is 15.8. The number of Topliss-reactive ketones (excluding diaryl/α,β-unsaturated/α-hetero) is 1. The average molecular weight is 463 g/mol. The molecule has 4 rings (SSSR count). The molecule has 0 spiro atoms. The highest BCUT2D eigenvalue weighted by Crippen LogP contribution is 2.43. The molecule has 6 nitrogen and oxygen atoms in total. The van der Waals surface area contributed by atoms with E-state index in [0.29, 0.717) is 27.6 Å². The van der Waals surface area contributed by atoms with E-state index in [2.05, 4.69) is 4.98 Å². The third-order valence-corrected chi connectivity index (χ3v) is 5.89. The van der Waals surface area contributed by atoms with Crippen molar-refractivity contribution in [1.82, 2.24) is 4.98 Å². The number of ether oxygens (including phenoxy) is 1. The van der Waals surface area contributed by atoms with E-state index in [1.165, 1.54) is 4.90 Å². The van der Waals surface area contributed by atoms with Gasteiger partial charge in [0.2, 0.25) is 0 Å². The Kier molecular flexibility index (Phi) is 6.20. The standard InChI is InChI=1S/C26H23ClN2O4/c1-15(2)20-12-16(9-10-21(20)33-3)24(30)22-23(17-6-5-11-28-14-17)29(26(32)25(22)31)19-8-4-7-18(27)13-19/h4-15,23,30H,1-3H3/b24-22-. The fourth-order valence-electron chi connectivity index (χ4n) is 4.07. The Balaban J connectivity index is 1.94. The number of halogens is 1. The lowest BCUT2D eigenvalue weighted by Gasteiger charge is -2.25. The molecule has 33 heavy (non-hydrogen) atoms. The minimum atomic E-state index is -0.859. The van der Waals surface area contributed by atoms with Crippen LogP contribution in [-0.2, 0) is 9.59 Å². The highest BCUT2D eigenvalue weighted by Gasteiger charge is 2.47. The van der Waals surface area contributed by atoms with Gasteiger partial charge in [0, 0.05) is 28.7 Å². The predicted octanol–water partition coefficient (Wildman–Crippen LogP) is 5.49. The molecule has 0 saturated carbocycles. The van der Waals surface area contributed by atoms with E-state index in [1.807, 2.05) is 13.8 Å². The number of carbonyl (C=O) groups excluding carboxylic acids is 2. The molecule has 1 aliphatic heterocycles. The third-order valence-electron chi connectivity index (χ3n) is 5.66. The van der Waals surface area contributed by atoms with Crippen LogP contribution in [-0.4, -0.2) is 28.9 Å². The van der Waals surface area contributed by atoms with Crippen LogP contribution in [0.3, 0.4) is 0 Å². The second-order valence-electron chi connectivity index (χ2n) is 8.05. The number of aliphatic hydroxyl groups excluding tert-OH is 1. The van der Waals surface area contributed by atoms with E-state index in [0.717, 1.165) is 5.56 Å². The summed E-state index contributed by atoms with van der Waals surface area (Å²) in [6, 6.07) is 14.5. The van der Waals surface area contributed by atoms with Crippen LogP contribution >= 0.6 is 11.6 Å². The SMILES string of the molecule is COc1ccc(/C(O)=C2/C(=O)C(=O)N(c3cccc(Cl)c3)C2c2cccnc2)cc1C(C)C. The van der Waals surface area contributed by atoms with E-state index >= 15 is 0 Å². The van der Waals surface area contributed by atoms with Gasteiger partial charge in [-0.1, -0.05) is 37.6 Å². The first-order valence-corrected chi connectivity index (χ1v) is 10.9. The smallest absolute Gasteiger partial charge is 0.300 e. The van der Waals surface area contributed by atoms with E-state index in [4.69, 9.17) is 16.3 Å². The molecule has 1 N–H and O–H groups in total. The number of methoxy groups -OCH3 is 1. The summed E-state index contributed by atoms with van der Waals surface area (Å²) in [6.45, 7) is 4.02. The van der Waals surface area contributed by atoms with E-state index < -0.39 is 17.7 Å². The van der Waals surface area contributed by atoms with Crippen LogP contribution in [0.1, 0.15) is 42.5 Å². The quantitative estimate of drug-likeness (QED) is 0.308. The third kappa shape index (κ3) is 4.10. The fraction of sp³-hybridized carbons (Fsp3) is 0.192. The van der Waals surface area contributed by atoms with Crippen molar-refractivity contribution in [3.8, 4) is 5.75 Å². The van der Waals surface area contributed by atoms with Crippen LogP contribution in [0.2, 0.25) is 5.02 Å². The summed E-state index contributed by atoms with van der Waals surface area (Å²) in [5.41, 5.74) is 2.35. The van der Waals surface area contributed by atoms with Gasteiger partial charge >= 0.3 is 0 Å². The van der Waals surface area contributed by atoms with Crippen molar-refractivity contribution in [2.24, 2.45) is 0 Å². The summed E-state index contributed by atoms with van der Waals surface area (Å²) in [4.78, 5) is 31.9. The van der Waals surface area contributed by atoms with E-state index in [-0.39, 0.29) is 17.3 Å². The minimum absolute atomic E-state index is 0.00662. The Morgan fingerprint density at radius 2 is 1.91 bits per heavy atom. The molecule has 1 aromatic heterocycles. The largest absolute Gasteiger partial charge is 0.507 e. The number of amides is 1. The van der Waals surface area contributed by atoms with Gasteiger partial charge in [-0.15, -0.1) is 0 Å². The molecule has 1 fully saturated rings. The molecule has 0 bridgehead atoms. The maximum Gasteiger partial charge on any atom is 0.300 e. The van der Waals surface area contributed by atoms with Gasteiger partial charge in [-0.25, -0.2) is 0 Å². The first kappa shape index (κ1) is 22.6. The predicted molar refractivity (Wildman–Crippen MR) is 128 cm³/mol. The fourth-order valence-corrected chi connectivity index (χ4v) is 4.25. The molecule has 1 aliphatic rings. The van der Waals surface area contributed by atoms with Gasteiger partial charge in [-0.3, -0.25) is 19.5 Å². The number of anilines is 1. The van der Waals surface area contributed by atoms with Crippen molar-refractivity contribution in [1.29, 1.82) is 0 Å². The van der Waals surface area contributed by atoms with Crippen molar-refractivity contribution in [3.63, 3.8) is 0 Å². The van der Waals surface area contributed by atoms with Crippen molar-refractivity contribution < 1.29 is 19.4 Å². The number of hydrogen-bond donors (Lipinski definition) is 1. The van der Waals surface area contributed by atoms with Crippen molar-refractivity contribution in [2.45, 2.75) is 25.8 Å². The Hall–Kier alpha value is -3.64. The van der Waals surface area contributed by atoms with E-state index in [9.17, 15) is 14.7 Å². The maximum absolute atomic E-state index is 13.2. The van der Waals surface area contributed by atoms with Gasteiger partial charge in [0.1, 0.15) is 11.5 Å². The van der Waals surface area contributed by atoms with Gasteiger partial charge in [-0.05, 0) is 59.5 Å². The van der Waals surface area contributed by atoms with E-state index in [1.54, 1.807) is 74.1 Å². The molecule has 1 unspecified atom stereocenters. The monoisotopic (exact) mass is 462 g/mol. The number of ketones is 1. The molecule has 0 aliphatic carbocycles. The molecule has 2 aromatic carbocycles. The first-order valence-electron chi connectivity index (χ1n) is 10.5. The topological polar surface area (TPSA) is 79.7 Å². The Morgan fingerprint density at radius 3 is 2.55 bits per heavy atom. The second-order valence-corrected chi connectivity index (χ2v) is 8.48. The van der Waals surface area contributed by atoms with Crippen LogP contribution in [0, 0.1) is 0 Å². The lowest BCUT2D eigenvalue weighted by molar-refractivity contribution is -0.132. The molecule has 1 atom stereocenters. The summed E-state index contributed by atoms with van der Waals surface area (Å²) >= 11 is 6.16. The van der Waals surface area contributed by atoms with Gasteiger partial charge in [0.05, 0.1) is 18.7 Å². The Morgan fingerprint density at radius 1 is 1.12 bits per heavy atom. The summed E-state index contributed by atoms with van der Waals surface area (Å²) in [7, 11) is 1.58. The van der Waals surface area contributed by atoms with Gasteiger partial charge in [0.25, 0.3) is 11.7 Å². The molecule has 1 saturated heterocycles. The number of nitrogens with zero attached hydrogens (tertiary/aromatic N) is 2. The zero-order chi connectivity index (χ0) is 23.7. The highest BCUT2D eigenvalue weighted by molar-refractivity contribution is 6.51. The lowest BCUT2D eigenvalue weighted by Crippen LogP contribution is -2.29. The molecular formula is C26H23ClN2O4. The van der Waals surface area contributed by atoms with Gasteiger partial charge in [-0.2, -0.15) is 0 Å². The summed E-state index contributed by atoms with van der Waals surface area (Å²) < 4.78 is 5.43. The second kappa shape index (κ2) is 9.08. The number of aromatic nitrogens is 1. The van der Waals surface area contributed by atoms with Crippen LogP contribution < -0.4 is 9.64 Å². The lowest BCUT2D eigenvalue weighted by atomic mass is 9.93. The molecule has 7 heteroatoms. The van der Waals surface area contributed by atoms with Gasteiger partial charge in [0.15, 0.2) is 0 Å². The van der Waals surface area contributed by atoms with Crippen LogP contribution in [0.4, 0.5) is 5.69 Å². The number of benzene rings is 2. The minimum Gasteiger partial charge on any atom is -0.507 e. The average Bonchev–Trinajstić information content (AvgIpc) is 3.09. The molecule has 1 amide bonds. The molecular weight excluding hydrogens is 440 g/mol. The van der Waals surface area contributed by atoms with Crippen molar-refractivity contribution in [2.75, 3.05) is 12.0 Å². The number of carbonyl (C=O) groups is 2. The zero-order valence-electron chi connectivity index (χ0n) is 18.4. The van der Waals surface area contributed by atoms with Gasteiger partial charge < -0.3 is 9.84 Å². The Labute approximate surface area is 197 Å². The maximum atomic E-state index is 13.2. The Bertz CT molecular complexity index is 1250. The molecule has 3 aromatic rings. The summed E-state index contributed by atoms with van der Waals surface area (Å²) in [5, 5.41) is 11.7. The molecule has 0 radical (unpaired) electrons. The van der Waals surface area contributed by atoms with Crippen LogP contribution in [0.25, 0.3) is 5.76 Å². The van der Waals surface area contributed by atoms with Crippen LogP contribution in [0.15, 0.2) is 72.6 Å². The summed E-state index contributed by atoms with van der Waals surface area (Å²) in [5.74, 6) is -0.967. The normalized spacial score (nSPS) is 17.6. The number of hydrogen-bond acceptors (Lipinski definition) is 5. The number of pyridine rings is 1. The summed E-state index contributed by atoms with van der Waals surface area (Å²) in [6.07, 6.45) is 3.18.